The largest absolute Gasteiger partial charge is 0.496 e. The minimum absolute atomic E-state index is 0.317. The van der Waals surface area contributed by atoms with Gasteiger partial charge in [-0.25, -0.2) is 4.39 Å². The van der Waals surface area contributed by atoms with Gasteiger partial charge < -0.3 is 9.84 Å². The summed E-state index contributed by atoms with van der Waals surface area (Å²) in [4.78, 5) is 0. The molecule has 0 amide bonds. The van der Waals surface area contributed by atoms with Crippen molar-refractivity contribution in [1.29, 1.82) is 0 Å². The first kappa shape index (κ1) is 15.0. The Morgan fingerprint density at radius 2 is 2.00 bits per heavy atom. The molecule has 20 heavy (non-hydrogen) atoms. The maximum Gasteiger partial charge on any atom is 0.124 e. The summed E-state index contributed by atoms with van der Waals surface area (Å²) in [5.41, 5.74) is 2.51. The average Bonchev–Trinajstić information content (AvgIpc) is 2.37. The number of aryl methyl sites for hydroxylation is 1. The fourth-order valence-corrected chi connectivity index (χ4v) is 2.63. The van der Waals surface area contributed by atoms with Gasteiger partial charge in [0.1, 0.15) is 11.6 Å². The predicted octanol–water partition coefficient (Wildman–Crippen LogP) is 4.18. The van der Waals surface area contributed by atoms with Crippen molar-refractivity contribution in [2.24, 2.45) is 0 Å². The first-order chi connectivity index (χ1) is 9.49. The lowest BCUT2D eigenvalue weighted by Crippen LogP contribution is -2.03. The predicted molar refractivity (Wildman–Crippen MR) is 80.5 cm³/mol. The molecule has 1 unspecified atom stereocenters. The zero-order valence-electron chi connectivity index (χ0n) is 11.4. The monoisotopic (exact) mass is 338 g/mol. The van der Waals surface area contributed by atoms with Crippen LogP contribution >= 0.6 is 15.9 Å². The molecule has 2 nitrogen and oxygen atoms in total. The molecule has 0 bridgehead atoms. The van der Waals surface area contributed by atoms with E-state index >= 15 is 0 Å². The van der Waals surface area contributed by atoms with Crippen LogP contribution in [0.5, 0.6) is 5.75 Å². The molecule has 1 atom stereocenters. The highest BCUT2D eigenvalue weighted by Gasteiger charge is 2.12. The molecule has 106 valence electrons. The van der Waals surface area contributed by atoms with Crippen LogP contribution < -0.4 is 4.74 Å². The van der Waals surface area contributed by atoms with Gasteiger partial charge in [0.15, 0.2) is 0 Å². The van der Waals surface area contributed by atoms with Crippen molar-refractivity contribution in [1.82, 2.24) is 0 Å². The number of hydrogen-bond acceptors (Lipinski definition) is 2. The van der Waals surface area contributed by atoms with Gasteiger partial charge in [0.25, 0.3) is 0 Å². The highest BCUT2D eigenvalue weighted by molar-refractivity contribution is 9.10. The molecule has 0 saturated heterocycles. The zero-order valence-corrected chi connectivity index (χ0v) is 12.9. The first-order valence-corrected chi connectivity index (χ1v) is 7.06. The maximum absolute atomic E-state index is 13.3. The SMILES string of the molecule is COc1cc(C(O)Cc2cc(F)cc(Br)c2)ccc1C. The molecule has 0 aliphatic rings. The zero-order chi connectivity index (χ0) is 14.7. The number of methoxy groups -OCH3 is 1. The molecule has 0 heterocycles. The van der Waals surface area contributed by atoms with Crippen molar-refractivity contribution in [2.45, 2.75) is 19.4 Å². The summed E-state index contributed by atoms with van der Waals surface area (Å²) in [6.45, 7) is 1.94. The third-order valence-corrected chi connectivity index (χ3v) is 3.63. The van der Waals surface area contributed by atoms with E-state index in [9.17, 15) is 9.50 Å². The first-order valence-electron chi connectivity index (χ1n) is 6.27. The second kappa shape index (κ2) is 6.37. The molecule has 0 spiro atoms. The lowest BCUT2D eigenvalue weighted by molar-refractivity contribution is 0.178. The maximum atomic E-state index is 13.3. The third-order valence-electron chi connectivity index (χ3n) is 3.17. The molecule has 2 aromatic rings. The number of rotatable bonds is 4. The average molecular weight is 339 g/mol. The van der Waals surface area contributed by atoms with Gasteiger partial charge in [-0.2, -0.15) is 0 Å². The Morgan fingerprint density at radius 1 is 1.25 bits per heavy atom. The second-order valence-electron chi connectivity index (χ2n) is 4.73. The van der Waals surface area contributed by atoms with E-state index in [0.717, 1.165) is 22.4 Å². The van der Waals surface area contributed by atoms with E-state index in [-0.39, 0.29) is 5.82 Å². The van der Waals surface area contributed by atoms with Gasteiger partial charge in [-0.15, -0.1) is 0 Å². The lowest BCUT2D eigenvalue weighted by Gasteiger charge is -2.14. The van der Waals surface area contributed by atoms with E-state index in [4.69, 9.17) is 4.74 Å². The fourth-order valence-electron chi connectivity index (χ4n) is 2.11. The number of halogens is 2. The number of aliphatic hydroxyl groups is 1. The van der Waals surface area contributed by atoms with Crippen LogP contribution in [-0.4, -0.2) is 12.2 Å². The van der Waals surface area contributed by atoms with Crippen molar-refractivity contribution in [3.05, 3.63) is 63.4 Å². The Kier molecular flexibility index (Phi) is 4.78. The molecule has 0 radical (unpaired) electrons. The van der Waals surface area contributed by atoms with E-state index in [0.29, 0.717) is 10.9 Å². The molecule has 0 aliphatic carbocycles. The number of aliphatic hydroxyl groups excluding tert-OH is 1. The van der Waals surface area contributed by atoms with Crippen LogP contribution in [0, 0.1) is 12.7 Å². The lowest BCUT2D eigenvalue weighted by atomic mass is 10.00. The van der Waals surface area contributed by atoms with Crippen molar-refractivity contribution in [3.8, 4) is 5.75 Å². The number of ether oxygens (including phenoxy) is 1. The van der Waals surface area contributed by atoms with Gasteiger partial charge in [-0.3, -0.25) is 0 Å². The van der Waals surface area contributed by atoms with Crippen molar-refractivity contribution < 1.29 is 14.2 Å². The number of benzene rings is 2. The smallest absolute Gasteiger partial charge is 0.124 e. The number of hydrogen-bond donors (Lipinski definition) is 1. The van der Waals surface area contributed by atoms with Crippen LogP contribution in [0.25, 0.3) is 0 Å². The molecular weight excluding hydrogens is 323 g/mol. The minimum Gasteiger partial charge on any atom is -0.496 e. The fraction of sp³-hybridized carbons (Fsp3) is 0.250. The van der Waals surface area contributed by atoms with Crippen LogP contribution in [0.2, 0.25) is 0 Å². The Morgan fingerprint density at radius 3 is 2.65 bits per heavy atom. The van der Waals surface area contributed by atoms with Crippen molar-refractivity contribution >= 4 is 15.9 Å². The topological polar surface area (TPSA) is 29.5 Å². The molecule has 1 N–H and O–H groups in total. The Hall–Kier alpha value is -1.39. The van der Waals surface area contributed by atoms with Crippen LogP contribution in [-0.2, 0) is 6.42 Å². The highest BCUT2D eigenvalue weighted by atomic mass is 79.9. The van der Waals surface area contributed by atoms with Crippen molar-refractivity contribution in [3.63, 3.8) is 0 Å². The molecule has 0 saturated carbocycles. The quantitative estimate of drug-likeness (QED) is 0.905. The Labute approximate surface area is 126 Å². The molecule has 0 fully saturated rings. The molecular formula is C16H16BrFO2. The van der Waals surface area contributed by atoms with Crippen LogP contribution in [0.3, 0.4) is 0 Å². The van der Waals surface area contributed by atoms with Crippen LogP contribution in [0.4, 0.5) is 4.39 Å². The Balaban J connectivity index is 2.21. The molecule has 4 heteroatoms. The van der Waals surface area contributed by atoms with E-state index < -0.39 is 6.10 Å². The van der Waals surface area contributed by atoms with E-state index in [1.807, 2.05) is 25.1 Å². The summed E-state index contributed by atoms with van der Waals surface area (Å²) in [6.07, 6.45) is -0.346. The Bertz CT molecular complexity index is 593. The van der Waals surface area contributed by atoms with Crippen molar-refractivity contribution in [2.75, 3.05) is 7.11 Å². The van der Waals surface area contributed by atoms with Gasteiger partial charge in [0.05, 0.1) is 13.2 Å². The summed E-state index contributed by atoms with van der Waals surface area (Å²) >= 11 is 3.25. The molecule has 0 aromatic heterocycles. The third kappa shape index (κ3) is 3.58. The summed E-state index contributed by atoms with van der Waals surface area (Å²) in [5, 5.41) is 10.3. The van der Waals surface area contributed by atoms with Gasteiger partial charge >= 0.3 is 0 Å². The minimum atomic E-state index is -0.696. The normalized spacial score (nSPS) is 12.2. The van der Waals surface area contributed by atoms with E-state index in [2.05, 4.69) is 15.9 Å². The molecule has 0 aliphatic heterocycles. The van der Waals surface area contributed by atoms with Gasteiger partial charge in [-0.05, 0) is 47.9 Å². The van der Waals surface area contributed by atoms with Crippen LogP contribution in [0.1, 0.15) is 22.8 Å². The highest BCUT2D eigenvalue weighted by Crippen LogP contribution is 2.26. The summed E-state index contributed by atoms with van der Waals surface area (Å²) < 4.78 is 19.2. The second-order valence-corrected chi connectivity index (χ2v) is 5.64. The van der Waals surface area contributed by atoms with E-state index in [1.165, 1.54) is 12.1 Å². The van der Waals surface area contributed by atoms with E-state index in [1.54, 1.807) is 13.2 Å². The van der Waals surface area contributed by atoms with Crippen LogP contribution in [0.15, 0.2) is 40.9 Å². The summed E-state index contributed by atoms with van der Waals surface area (Å²) in [5.74, 6) is 0.421. The van der Waals surface area contributed by atoms with Gasteiger partial charge in [0.2, 0.25) is 0 Å². The summed E-state index contributed by atoms with van der Waals surface area (Å²) in [6, 6.07) is 10.2. The van der Waals surface area contributed by atoms with Gasteiger partial charge in [0, 0.05) is 10.9 Å². The molecule has 2 rings (SSSR count). The van der Waals surface area contributed by atoms with Gasteiger partial charge in [-0.1, -0.05) is 28.1 Å². The molecule has 2 aromatic carbocycles. The standard InChI is InChI=1S/C16H16BrFO2/c1-10-3-4-12(8-16(10)20-2)15(19)7-11-5-13(17)9-14(18)6-11/h3-6,8-9,15,19H,7H2,1-2H3. The summed E-state index contributed by atoms with van der Waals surface area (Å²) in [7, 11) is 1.60.